The van der Waals surface area contributed by atoms with Gasteiger partial charge in [-0.15, -0.1) is 10.1 Å². The zero-order valence-corrected chi connectivity index (χ0v) is 9.28. The Morgan fingerprint density at radius 3 is 2.12 bits per heavy atom. The van der Waals surface area contributed by atoms with Crippen molar-refractivity contribution in [3.63, 3.8) is 0 Å². The summed E-state index contributed by atoms with van der Waals surface area (Å²) in [7, 11) is 0. The van der Waals surface area contributed by atoms with Crippen molar-refractivity contribution < 1.29 is 14.8 Å². The van der Waals surface area contributed by atoms with Crippen LogP contribution in [0.3, 0.4) is 0 Å². The zero-order chi connectivity index (χ0) is 12.2. The predicted octanol–water partition coefficient (Wildman–Crippen LogP) is 1.42. The van der Waals surface area contributed by atoms with Gasteiger partial charge in [-0.2, -0.15) is 0 Å². The summed E-state index contributed by atoms with van der Waals surface area (Å²) in [6.45, 7) is 0. The third-order valence-electron chi connectivity index (χ3n) is 4.68. The van der Waals surface area contributed by atoms with Crippen molar-refractivity contribution in [2.45, 2.75) is 43.7 Å². The molecule has 4 bridgehead atoms. The van der Waals surface area contributed by atoms with Crippen LogP contribution in [0.25, 0.3) is 0 Å². The third-order valence-corrected chi connectivity index (χ3v) is 4.68. The molecule has 5 atom stereocenters. The average Bonchev–Trinajstić information content (AvgIpc) is 2.11. The molecule has 4 aliphatic carbocycles. The van der Waals surface area contributed by atoms with Crippen molar-refractivity contribution in [2.24, 2.45) is 17.8 Å². The van der Waals surface area contributed by atoms with E-state index in [4.69, 9.17) is 4.84 Å². The number of nitrogens with zero attached hydrogens (tertiary/aromatic N) is 2. The van der Waals surface area contributed by atoms with Crippen molar-refractivity contribution in [2.75, 3.05) is 0 Å². The lowest BCUT2D eigenvalue weighted by Crippen LogP contribution is -2.60. The van der Waals surface area contributed by atoms with Gasteiger partial charge < -0.3 is 4.84 Å². The first kappa shape index (κ1) is 10.7. The second-order valence-electron chi connectivity index (χ2n) is 5.74. The minimum Gasteiger partial charge on any atom is -0.307 e. The summed E-state index contributed by atoms with van der Waals surface area (Å²) in [6, 6.07) is -0.505. The number of hydrogen-bond donors (Lipinski definition) is 0. The zero-order valence-electron chi connectivity index (χ0n) is 9.28. The van der Waals surface area contributed by atoms with Gasteiger partial charge in [0.15, 0.2) is 0 Å². The Labute approximate surface area is 97.4 Å². The first-order valence-electron chi connectivity index (χ1n) is 5.96. The molecule has 4 saturated carbocycles. The van der Waals surface area contributed by atoms with Gasteiger partial charge in [0.05, 0.1) is 0 Å². The highest BCUT2D eigenvalue weighted by molar-refractivity contribution is 5.06. The largest absolute Gasteiger partial charge is 0.307 e. The van der Waals surface area contributed by atoms with E-state index in [1.54, 1.807) is 0 Å². The lowest BCUT2D eigenvalue weighted by atomic mass is 9.52. The summed E-state index contributed by atoms with van der Waals surface area (Å²) in [4.78, 5) is 26.3. The van der Waals surface area contributed by atoms with Gasteiger partial charge in [-0.05, 0) is 38.0 Å². The Hall–Kier alpha value is -1.40. The van der Waals surface area contributed by atoms with Crippen LogP contribution in [-0.2, 0) is 4.84 Å². The molecule has 0 aromatic heterocycles. The Morgan fingerprint density at radius 2 is 1.65 bits per heavy atom. The summed E-state index contributed by atoms with van der Waals surface area (Å²) in [6.07, 6.45) is 3.33. The Bertz CT molecular complexity index is 369. The Morgan fingerprint density at radius 1 is 1.06 bits per heavy atom. The van der Waals surface area contributed by atoms with E-state index < -0.39 is 16.7 Å². The van der Waals surface area contributed by atoms with Crippen molar-refractivity contribution in [1.29, 1.82) is 0 Å². The predicted molar refractivity (Wildman–Crippen MR) is 55.1 cm³/mol. The van der Waals surface area contributed by atoms with E-state index in [1.807, 2.05) is 0 Å². The van der Waals surface area contributed by atoms with Gasteiger partial charge >= 0.3 is 0 Å². The molecule has 7 heteroatoms. The fraction of sp³-hybridized carbons (Fsp3) is 1.00. The van der Waals surface area contributed by atoms with E-state index in [0.29, 0.717) is 25.2 Å². The molecule has 0 aliphatic heterocycles. The van der Waals surface area contributed by atoms with Crippen molar-refractivity contribution in [3.8, 4) is 0 Å². The molecule has 7 nitrogen and oxygen atoms in total. The molecule has 0 heterocycles. The van der Waals surface area contributed by atoms with Gasteiger partial charge in [0.25, 0.3) is 5.09 Å². The van der Waals surface area contributed by atoms with Crippen LogP contribution in [0.2, 0.25) is 0 Å². The topological polar surface area (TPSA) is 95.5 Å². The van der Waals surface area contributed by atoms with Crippen LogP contribution < -0.4 is 0 Å². The van der Waals surface area contributed by atoms with E-state index in [9.17, 15) is 20.2 Å². The Kier molecular flexibility index (Phi) is 2.08. The molecule has 4 fully saturated rings. The summed E-state index contributed by atoms with van der Waals surface area (Å²) in [5.74, 6) is 0.316. The lowest BCUT2D eigenvalue weighted by Gasteiger charge is -2.55. The van der Waals surface area contributed by atoms with Crippen LogP contribution in [0, 0.1) is 38.0 Å². The maximum absolute atomic E-state index is 11.0. The molecule has 3 unspecified atom stereocenters. The normalized spacial score (nSPS) is 46.8. The van der Waals surface area contributed by atoms with E-state index in [2.05, 4.69) is 0 Å². The van der Waals surface area contributed by atoms with Gasteiger partial charge in [-0.3, -0.25) is 10.1 Å². The highest BCUT2D eigenvalue weighted by atomic mass is 17.0. The average molecular weight is 242 g/mol. The molecule has 0 N–H and O–H groups in total. The van der Waals surface area contributed by atoms with E-state index in [-0.39, 0.29) is 16.8 Å². The molecule has 0 spiro atoms. The smallest absolute Gasteiger partial charge is 0.295 e. The molecule has 0 saturated heterocycles. The molecule has 4 aliphatic rings. The van der Waals surface area contributed by atoms with Crippen LogP contribution >= 0.6 is 0 Å². The molecule has 17 heavy (non-hydrogen) atoms. The van der Waals surface area contributed by atoms with Crippen molar-refractivity contribution in [3.05, 3.63) is 20.2 Å². The second-order valence-corrected chi connectivity index (χ2v) is 5.74. The molecular weight excluding hydrogens is 228 g/mol. The molecule has 4 rings (SSSR count). The van der Waals surface area contributed by atoms with Crippen molar-refractivity contribution in [1.82, 2.24) is 0 Å². The molecule has 0 aromatic rings. The van der Waals surface area contributed by atoms with Crippen LogP contribution in [0.4, 0.5) is 0 Å². The van der Waals surface area contributed by atoms with Crippen molar-refractivity contribution >= 4 is 0 Å². The third kappa shape index (κ3) is 1.56. The van der Waals surface area contributed by atoms with Gasteiger partial charge in [-0.25, -0.2) is 0 Å². The van der Waals surface area contributed by atoms with Gasteiger partial charge in [0.2, 0.25) is 6.04 Å². The summed E-state index contributed by atoms with van der Waals surface area (Å²) in [5.41, 5.74) is -0.716. The highest BCUT2D eigenvalue weighted by Gasteiger charge is 2.61. The molecule has 0 amide bonds. The standard InChI is InChI=1S/C10H14N2O5/c13-11(14)9-7-1-6-2-8(9)5-10(3-6,4-7)17-12(15)16/h6-9H,1-5H2/t6?,7-,8+,9?,10?. The van der Waals surface area contributed by atoms with Crippen LogP contribution in [0.5, 0.6) is 0 Å². The SMILES string of the molecule is O=[N+]([O-])OC12CC3C[C@H](C1)C([N+](=O)[O-])[C@@H](C3)C2. The number of hydrogen-bond acceptors (Lipinski definition) is 5. The Balaban J connectivity index is 1.86. The molecular formula is C10H14N2O5. The first-order chi connectivity index (χ1) is 7.99. The van der Waals surface area contributed by atoms with Gasteiger partial charge in [0, 0.05) is 16.8 Å². The van der Waals surface area contributed by atoms with E-state index in [1.165, 1.54) is 0 Å². The van der Waals surface area contributed by atoms with Crippen LogP contribution in [-0.4, -0.2) is 21.7 Å². The van der Waals surface area contributed by atoms with E-state index in [0.717, 1.165) is 12.8 Å². The fourth-order valence-corrected chi connectivity index (χ4v) is 4.54. The monoisotopic (exact) mass is 242 g/mol. The van der Waals surface area contributed by atoms with E-state index >= 15 is 0 Å². The quantitative estimate of drug-likeness (QED) is 0.550. The maximum atomic E-state index is 11.0. The number of rotatable bonds is 3. The molecule has 0 aromatic carbocycles. The first-order valence-corrected chi connectivity index (χ1v) is 5.96. The summed E-state index contributed by atoms with van der Waals surface area (Å²) in [5, 5.41) is 20.9. The summed E-state index contributed by atoms with van der Waals surface area (Å²) < 4.78 is 0. The van der Waals surface area contributed by atoms with Crippen LogP contribution in [0.1, 0.15) is 32.1 Å². The van der Waals surface area contributed by atoms with Gasteiger partial charge in [-0.1, -0.05) is 0 Å². The summed E-state index contributed by atoms with van der Waals surface area (Å²) >= 11 is 0. The van der Waals surface area contributed by atoms with Crippen LogP contribution in [0.15, 0.2) is 0 Å². The number of nitro groups is 1. The lowest BCUT2D eigenvalue weighted by molar-refractivity contribution is -0.786. The molecule has 94 valence electrons. The maximum Gasteiger partial charge on any atom is 0.295 e. The van der Waals surface area contributed by atoms with Gasteiger partial charge in [0.1, 0.15) is 5.60 Å². The second kappa shape index (κ2) is 3.30. The minimum absolute atomic E-state index is 0.0313. The highest BCUT2D eigenvalue weighted by Crippen LogP contribution is 2.57. The minimum atomic E-state index is -0.728. The fourth-order valence-electron chi connectivity index (χ4n) is 4.54. The molecule has 0 radical (unpaired) electrons.